The van der Waals surface area contributed by atoms with Crippen LogP contribution in [0.15, 0.2) is 24.0 Å². The van der Waals surface area contributed by atoms with Crippen molar-refractivity contribution in [3.63, 3.8) is 0 Å². The van der Waals surface area contributed by atoms with Gasteiger partial charge in [0.15, 0.2) is 0 Å². The second-order valence-electron chi connectivity index (χ2n) is 3.13. The Morgan fingerprint density at radius 3 is 2.50 bits per heavy atom. The van der Waals surface area contributed by atoms with Crippen molar-refractivity contribution in [2.24, 2.45) is 11.8 Å². The molecule has 0 heterocycles. The number of hydrogen-bond donors (Lipinski definition) is 1. The highest BCUT2D eigenvalue weighted by atomic mass is 16.3. The summed E-state index contributed by atoms with van der Waals surface area (Å²) in [7, 11) is 0. The number of aliphatic hydroxyl groups excluding tert-OH is 1. The molecule has 1 heteroatoms. The van der Waals surface area contributed by atoms with Gasteiger partial charge < -0.3 is 5.11 Å². The van der Waals surface area contributed by atoms with Crippen molar-refractivity contribution in [3.8, 4) is 0 Å². The number of aliphatic hydroxyl groups is 1. The second kappa shape index (κ2) is 2.49. The van der Waals surface area contributed by atoms with Gasteiger partial charge in [-0.1, -0.05) is 6.08 Å². The monoisotopic (exact) mass is 138 g/mol. The maximum absolute atomic E-state index is 9.40. The van der Waals surface area contributed by atoms with Crippen molar-refractivity contribution in [1.82, 2.24) is 0 Å². The number of rotatable bonds is 2. The molecule has 0 saturated heterocycles. The summed E-state index contributed by atoms with van der Waals surface area (Å²) in [6, 6.07) is 0. The molecule has 1 aliphatic rings. The molecule has 1 N–H and O–H groups in total. The maximum atomic E-state index is 9.40. The summed E-state index contributed by atoms with van der Waals surface area (Å²) < 4.78 is 0. The quantitative estimate of drug-likeness (QED) is 0.459. The summed E-state index contributed by atoms with van der Waals surface area (Å²) in [5.41, 5.74) is 1.04. The Bertz CT molecular complexity index is 175. The zero-order valence-electron chi connectivity index (χ0n) is 6.59. The molecule has 1 saturated carbocycles. The van der Waals surface area contributed by atoms with Crippen LogP contribution < -0.4 is 0 Å². The normalized spacial score (nSPS) is 29.4. The van der Waals surface area contributed by atoms with E-state index in [4.69, 9.17) is 0 Å². The molecule has 1 rings (SSSR count). The molecule has 0 aromatic heterocycles. The summed E-state index contributed by atoms with van der Waals surface area (Å²) in [6.45, 7) is 7.56. The summed E-state index contributed by atoms with van der Waals surface area (Å²) in [5, 5.41) is 9.40. The highest BCUT2D eigenvalue weighted by Gasteiger charge is 2.37. The Kier molecular flexibility index (Phi) is 1.84. The Morgan fingerprint density at radius 1 is 1.60 bits per heavy atom. The zero-order chi connectivity index (χ0) is 7.72. The first-order valence-electron chi connectivity index (χ1n) is 3.65. The molecule has 1 fully saturated rings. The Hall–Kier alpha value is -0.720. The topological polar surface area (TPSA) is 20.2 Å². The second-order valence-corrected chi connectivity index (χ2v) is 3.13. The summed E-state index contributed by atoms with van der Waals surface area (Å²) in [6.07, 6.45) is 3.00. The fourth-order valence-corrected chi connectivity index (χ4v) is 1.16. The van der Waals surface area contributed by atoms with Gasteiger partial charge in [0.1, 0.15) is 0 Å². The molecule has 10 heavy (non-hydrogen) atoms. The highest BCUT2D eigenvalue weighted by molar-refractivity contribution is 5.16. The molecule has 2 atom stereocenters. The van der Waals surface area contributed by atoms with Crippen LogP contribution in [0.25, 0.3) is 0 Å². The van der Waals surface area contributed by atoms with Crippen LogP contribution in [0.5, 0.6) is 0 Å². The van der Waals surface area contributed by atoms with Crippen molar-refractivity contribution >= 4 is 0 Å². The van der Waals surface area contributed by atoms with E-state index in [1.54, 1.807) is 0 Å². The van der Waals surface area contributed by atoms with E-state index in [1.165, 1.54) is 0 Å². The number of hydrogen-bond acceptors (Lipinski definition) is 1. The average molecular weight is 138 g/mol. The van der Waals surface area contributed by atoms with Gasteiger partial charge in [-0.3, -0.25) is 0 Å². The minimum Gasteiger partial charge on any atom is -0.512 e. The third kappa shape index (κ3) is 1.23. The molecule has 0 bridgehead atoms. The standard InChI is InChI=1S/C9H14O/c1-4-7-5-8(7)9(10)6(2)3/h4,7-8,10H,1,5H2,2-3H3. The van der Waals surface area contributed by atoms with E-state index in [9.17, 15) is 5.11 Å². The van der Waals surface area contributed by atoms with Crippen LogP contribution in [-0.2, 0) is 0 Å². The van der Waals surface area contributed by atoms with Crippen molar-refractivity contribution in [2.75, 3.05) is 0 Å². The predicted octanol–water partition coefficient (Wildman–Crippen LogP) is 2.66. The Labute approximate surface area is 62.1 Å². The van der Waals surface area contributed by atoms with Crippen LogP contribution in [0.2, 0.25) is 0 Å². The Morgan fingerprint density at radius 2 is 2.20 bits per heavy atom. The van der Waals surface area contributed by atoms with Gasteiger partial charge in [0.25, 0.3) is 0 Å². The lowest BCUT2D eigenvalue weighted by Gasteiger charge is -1.97. The molecule has 1 aliphatic carbocycles. The minimum atomic E-state index is 0.391. The molecule has 0 amide bonds. The van der Waals surface area contributed by atoms with Crippen LogP contribution in [-0.4, -0.2) is 5.11 Å². The summed E-state index contributed by atoms with van der Waals surface area (Å²) in [5.74, 6) is 1.50. The van der Waals surface area contributed by atoms with Gasteiger partial charge in [0.05, 0.1) is 5.76 Å². The molecular weight excluding hydrogens is 124 g/mol. The lowest BCUT2D eigenvalue weighted by Crippen LogP contribution is -1.88. The number of allylic oxidation sites excluding steroid dienone is 3. The van der Waals surface area contributed by atoms with Crippen molar-refractivity contribution in [2.45, 2.75) is 20.3 Å². The van der Waals surface area contributed by atoms with E-state index >= 15 is 0 Å². The molecule has 0 spiro atoms. The van der Waals surface area contributed by atoms with Crippen LogP contribution in [0, 0.1) is 11.8 Å². The van der Waals surface area contributed by atoms with Crippen LogP contribution in [0.3, 0.4) is 0 Å². The third-order valence-electron chi connectivity index (χ3n) is 2.01. The van der Waals surface area contributed by atoms with Crippen LogP contribution >= 0.6 is 0 Å². The van der Waals surface area contributed by atoms with Gasteiger partial charge in [-0.15, -0.1) is 6.58 Å². The first kappa shape index (κ1) is 7.39. The summed E-state index contributed by atoms with van der Waals surface area (Å²) >= 11 is 0. The van der Waals surface area contributed by atoms with E-state index < -0.39 is 0 Å². The van der Waals surface area contributed by atoms with Crippen LogP contribution in [0.1, 0.15) is 20.3 Å². The van der Waals surface area contributed by atoms with Crippen molar-refractivity contribution < 1.29 is 5.11 Å². The van der Waals surface area contributed by atoms with Crippen molar-refractivity contribution in [3.05, 3.63) is 24.0 Å². The van der Waals surface area contributed by atoms with E-state index in [0.717, 1.165) is 12.0 Å². The molecule has 0 aromatic carbocycles. The maximum Gasteiger partial charge on any atom is 0.0945 e. The fraction of sp³-hybridized carbons (Fsp3) is 0.556. The third-order valence-corrected chi connectivity index (χ3v) is 2.01. The van der Waals surface area contributed by atoms with Gasteiger partial charge in [-0.05, 0) is 31.8 Å². The first-order valence-corrected chi connectivity index (χ1v) is 3.65. The molecule has 0 aliphatic heterocycles. The lowest BCUT2D eigenvalue weighted by molar-refractivity contribution is 0.368. The predicted molar refractivity (Wildman–Crippen MR) is 42.8 cm³/mol. The van der Waals surface area contributed by atoms with Gasteiger partial charge in [0.2, 0.25) is 0 Å². The van der Waals surface area contributed by atoms with E-state index in [-0.39, 0.29) is 0 Å². The minimum absolute atomic E-state index is 0.391. The summed E-state index contributed by atoms with van der Waals surface area (Å²) in [4.78, 5) is 0. The van der Waals surface area contributed by atoms with E-state index in [1.807, 2.05) is 19.9 Å². The zero-order valence-corrected chi connectivity index (χ0v) is 6.59. The largest absolute Gasteiger partial charge is 0.512 e. The molecule has 2 unspecified atom stereocenters. The van der Waals surface area contributed by atoms with Gasteiger partial charge in [-0.2, -0.15) is 0 Å². The van der Waals surface area contributed by atoms with E-state index in [2.05, 4.69) is 6.58 Å². The van der Waals surface area contributed by atoms with Gasteiger partial charge >= 0.3 is 0 Å². The SMILES string of the molecule is C=CC1CC1C(O)=C(C)C. The van der Waals surface area contributed by atoms with Crippen LogP contribution in [0.4, 0.5) is 0 Å². The lowest BCUT2D eigenvalue weighted by atomic mass is 10.2. The molecular formula is C9H14O. The van der Waals surface area contributed by atoms with Gasteiger partial charge in [0, 0.05) is 5.92 Å². The Balaban J connectivity index is 2.55. The highest BCUT2D eigenvalue weighted by Crippen LogP contribution is 2.44. The first-order chi connectivity index (χ1) is 4.66. The smallest absolute Gasteiger partial charge is 0.0945 e. The van der Waals surface area contributed by atoms with E-state index in [0.29, 0.717) is 17.6 Å². The fourth-order valence-electron chi connectivity index (χ4n) is 1.16. The van der Waals surface area contributed by atoms with Gasteiger partial charge in [-0.25, -0.2) is 0 Å². The molecule has 0 radical (unpaired) electrons. The molecule has 0 aromatic rings. The average Bonchev–Trinajstić information content (AvgIpc) is 2.64. The van der Waals surface area contributed by atoms with Crippen molar-refractivity contribution in [1.29, 1.82) is 0 Å². The molecule has 56 valence electrons. The molecule has 1 nitrogen and oxygen atoms in total.